The zero-order chi connectivity index (χ0) is 13.3. The predicted molar refractivity (Wildman–Crippen MR) is 71.6 cm³/mol. The molecule has 0 saturated carbocycles. The number of hydrogen-bond donors (Lipinski definition) is 1. The minimum absolute atomic E-state index is 0.0215. The molecule has 17 heavy (non-hydrogen) atoms. The van der Waals surface area contributed by atoms with Crippen LogP contribution >= 0.6 is 34.8 Å². The van der Waals surface area contributed by atoms with Crippen molar-refractivity contribution in [3.05, 3.63) is 28.2 Å². The summed E-state index contributed by atoms with van der Waals surface area (Å²) in [5.74, 6) is 0.153. The number of hydrogen-bond acceptors (Lipinski definition) is 2. The van der Waals surface area contributed by atoms with Crippen LogP contribution in [0.1, 0.15) is 13.8 Å². The van der Waals surface area contributed by atoms with E-state index in [-0.39, 0.29) is 20.8 Å². The van der Waals surface area contributed by atoms with Crippen LogP contribution in [0.5, 0.6) is 0 Å². The summed E-state index contributed by atoms with van der Waals surface area (Å²) in [4.78, 5) is 0.0215. The van der Waals surface area contributed by atoms with Gasteiger partial charge in [0, 0.05) is 21.5 Å². The molecule has 1 aromatic carbocycles. The van der Waals surface area contributed by atoms with Crippen LogP contribution in [0.4, 0.5) is 0 Å². The van der Waals surface area contributed by atoms with Gasteiger partial charge in [-0.3, -0.25) is 0 Å². The highest BCUT2D eigenvalue weighted by molar-refractivity contribution is 7.89. The van der Waals surface area contributed by atoms with Crippen molar-refractivity contribution in [3.63, 3.8) is 0 Å². The first-order chi connectivity index (χ1) is 7.66. The second-order valence-corrected chi connectivity index (χ2v) is 7.05. The van der Waals surface area contributed by atoms with Gasteiger partial charge in [0.05, 0.1) is 4.90 Å². The van der Waals surface area contributed by atoms with Crippen molar-refractivity contribution in [2.75, 3.05) is 5.88 Å². The van der Waals surface area contributed by atoms with E-state index in [4.69, 9.17) is 34.8 Å². The lowest BCUT2D eigenvalue weighted by molar-refractivity contribution is 0.496. The van der Waals surface area contributed by atoms with Crippen LogP contribution in [0.2, 0.25) is 10.0 Å². The molecule has 0 heterocycles. The third-order valence-corrected chi connectivity index (χ3v) is 4.67. The Morgan fingerprint density at radius 1 is 1.18 bits per heavy atom. The van der Waals surface area contributed by atoms with Crippen molar-refractivity contribution in [1.82, 2.24) is 4.72 Å². The van der Waals surface area contributed by atoms with E-state index in [0.29, 0.717) is 0 Å². The van der Waals surface area contributed by atoms with E-state index in [2.05, 4.69) is 4.72 Å². The molecule has 1 rings (SSSR count). The zero-order valence-corrected chi connectivity index (χ0v) is 12.4. The Balaban J connectivity index is 3.14. The molecule has 0 aliphatic rings. The van der Waals surface area contributed by atoms with E-state index in [1.807, 2.05) is 0 Å². The molecule has 96 valence electrons. The van der Waals surface area contributed by atoms with E-state index in [9.17, 15) is 8.42 Å². The number of alkyl halides is 1. The largest absolute Gasteiger partial charge is 0.241 e. The van der Waals surface area contributed by atoms with Crippen LogP contribution in [0.3, 0.4) is 0 Å². The molecule has 0 spiro atoms. The first-order valence-electron chi connectivity index (χ1n) is 4.72. The van der Waals surface area contributed by atoms with Gasteiger partial charge in [0.1, 0.15) is 0 Å². The molecule has 3 nitrogen and oxygen atoms in total. The Hall–Kier alpha value is -0.000000000000000111. The summed E-state index contributed by atoms with van der Waals surface area (Å²) in [5, 5.41) is 0.531. The van der Waals surface area contributed by atoms with Crippen molar-refractivity contribution >= 4 is 44.8 Å². The van der Waals surface area contributed by atoms with Gasteiger partial charge in [-0.1, -0.05) is 23.2 Å². The minimum Gasteiger partial charge on any atom is -0.207 e. The summed E-state index contributed by atoms with van der Waals surface area (Å²) in [6.07, 6.45) is 0. The summed E-state index contributed by atoms with van der Waals surface area (Å²) in [6, 6.07) is 4.13. The van der Waals surface area contributed by atoms with E-state index >= 15 is 0 Å². The van der Waals surface area contributed by atoms with Gasteiger partial charge < -0.3 is 0 Å². The molecule has 0 aliphatic heterocycles. The van der Waals surface area contributed by atoms with E-state index < -0.39 is 15.6 Å². The molecule has 0 fully saturated rings. The molecular weight excluding hydrogens is 305 g/mol. The molecule has 0 amide bonds. The van der Waals surface area contributed by atoms with Crippen molar-refractivity contribution < 1.29 is 8.42 Å². The Bertz CT molecular complexity index is 494. The van der Waals surface area contributed by atoms with Crippen molar-refractivity contribution in [1.29, 1.82) is 0 Å². The van der Waals surface area contributed by atoms with E-state index in [1.54, 1.807) is 13.8 Å². The Kier molecular flexibility index (Phi) is 4.72. The summed E-state index contributed by atoms with van der Waals surface area (Å²) >= 11 is 17.2. The van der Waals surface area contributed by atoms with Crippen molar-refractivity contribution in [2.45, 2.75) is 24.3 Å². The Morgan fingerprint density at radius 3 is 2.06 bits per heavy atom. The van der Waals surface area contributed by atoms with Gasteiger partial charge >= 0.3 is 0 Å². The SMILES string of the molecule is CC(C)(CCl)NS(=O)(=O)c1cc(Cl)cc(Cl)c1. The summed E-state index contributed by atoms with van der Waals surface area (Å²) < 4.78 is 26.5. The Morgan fingerprint density at radius 2 is 1.65 bits per heavy atom. The maximum atomic E-state index is 12.0. The molecule has 0 radical (unpaired) electrons. The number of nitrogens with one attached hydrogen (secondary N) is 1. The van der Waals surface area contributed by atoms with Crippen LogP contribution in [-0.4, -0.2) is 19.8 Å². The summed E-state index contributed by atoms with van der Waals surface area (Å²) in [5.41, 5.74) is -0.741. The number of halogens is 3. The van der Waals surface area contributed by atoms with Crippen LogP contribution < -0.4 is 4.72 Å². The normalized spacial score (nSPS) is 12.8. The van der Waals surface area contributed by atoms with Crippen LogP contribution in [0.15, 0.2) is 23.1 Å². The smallest absolute Gasteiger partial charge is 0.207 e. The highest BCUT2D eigenvalue weighted by Crippen LogP contribution is 2.23. The third kappa shape index (κ3) is 4.30. The molecule has 0 unspecified atom stereocenters. The van der Waals surface area contributed by atoms with Gasteiger partial charge in [-0.2, -0.15) is 0 Å². The van der Waals surface area contributed by atoms with Crippen molar-refractivity contribution in [3.8, 4) is 0 Å². The van der Waals surface area contributed by atoms with Crippen LogP contribution in [0, 0.1) is 0 Å². The number of rotatable bonds is 4. The average Bonchev–Trinajstić information content (AvgIpc) is 2.14. The molecule has 0 saturated heterocycles. The molecule has 1 aromatic rings. The quantitative estimate of drug-likeness (QED) is 0.866. The highest BCUT2D eigenvalue weighted by atomic mass is 35.5. The summed E-state index contributed by atoms with van der Waals surface area (Å²) in [7, 11) is -3.68. The molecule has 7 heteroatoms. The second-order valence-electron chi connectivity index (χ2n) is 4.23. The lowest BCUT2D eigenvalue weighted by Gasteiger charge is -2.23. The first-order valence-corrected chi connectivity index (χ1v) is 7.50. The van der Waals surface area contributed by atoms with Gasteiger partial charge in [0.15, 0.2) is 0 Å². The van der Waals surface area contributed by atoms with Gasteiger partial charge in [-0.25, -0.2) is 13.1 Å². The summed E-state index contributed by atoms with van der Waals surface area (Å²) in [6.45, 7) is 3.37. The molecule has 0 bridgehead atoms. The molecule has 0 atom stereocenters. The molecule has 0 aliphatic carbocycles. The van der Waals surface area contributed by atoms with Crippen LogP contribution in [-0.2, 0) is 10.0 Å². The van der Waals surface area contributed by atoms with Gasteiger partial charge in [-0.05, 0) is 32.0 Å². The van der Waals surface area contributed by atoms with Gasteiger partial charge in [0.2, 0.25) is 10.0 Å². The van der Waals surface area contributed by atoms with Gasteiger partial charge in [-0.15, -0.1) is 11.6 Å². The lowest BCUT2D eigenvalue weighted by Crippen LogP contribution is -2.44. The molecular formula is C10H12Cl3NO2S. The number of sulfonamides is 1. The predicted octanol–water partition coefficient (Wildman–Crippen LogP) is 3.29. The average molecular weight is 317 g/mol. The number of benzene rings is 1. The topological polar surface area (TPSA) is 46.2 Å². The standard InChI is InChI=1S/C10H12Cl3NO2S/c1-10(2,6-11)14-17(15,16)9-4-7(12)3-8(13)5-9/h3-5,14H,6H2,1-2H3. The maximum Gasteiger partial charge on any atom is 0.241 e. The third-order valence-electron chi connectivity index (χ3n) is 1.89. The highest BCUT2D eigenvalue weighted by Gasteiger charge is 2.25. The fraction of sp³-hybridized carbons (Fsp3) is 0.400. The zero-order valence-electron chi connectivity index (χ0n) is 9.30. The maximum absolute atomic E-state index is 12.0. The fourth-order valence-electron chi connectivity index (χ4n) is 1.13. The van der Waals surface area contributed by atoms with Crippen LogP contribution in [0.25, 0.3) is 0 Å². The first kappa shape index (κ1) is 15.1. The molecule has 0 aromatic heterocycles. The molecule has 1 N–H and O–H groups in total. The van der Waals surface area contributed by atoms with E-state index in [1.165, 1.54) is 18.2 Å². The second kappa shape index (κ2) is 5.33. The Labute approximate surface area is 116 Å². The fourth-order valence-corrected chi connectivity index (χ4v) is 3.42. The van der Waals surface area contributed by atoms with E-state index in [0.717, 1.165) is 0 Å². The van der Waals surface area contributed by atoms with Crippen molar-refractivity contribution in [2.24, 2.45) is 0 Å². The monoisotopic (exact) mass is 315 g/mol. The van der Waals surface area contributed by atoms with Gasteiger partial charge in [0.25, 0.3) is 0 Å². The lowest BCUT2D eigenvalue weighted by atomic mass is 10.1. The minimum atomic E-state index is -3.68.